The van der Waals surface area contributed by atoms with Crippen LogP contribution in [0.5, 0.6) is 5.75 Å². The van der Waals surface area contributed by atoms with Crippen molar-refractivity contribution in [3.05, 3.63) is 66.5 Å². The molecule has 0 aliphatic heterocycles. The highest BCUT2D eigenvalue weighted by atomic mass is 16.5. The highest BCUT2D eigenvalue weighted by Crippen LogP contribution is 2.23. The molecule has 3 aromatic rings. The monoisotopic (exact) mass is 520 g/mol. The van der Waals surface area contributed by atoms with Gasteiger partial charge in [0.25, 0.3) is 0 Å². The first-order valence-corrected chi connectivity index (χ1v) is 12.9. The fraction of sp³-hybridized carbons (Fsp3) is 0.379. The van der Waals surface area contributed by atoms with Crippen molar-refractivity contribution in [1.29, 1.82) is 0 Å². The van der Waals surface area contributed by atoms with Gasteiger partial charge >= 0.3 is 5.97 Å². The van der Waals surface area contributed by atoms with E-state index in [0.717, 1.165) is 54.1 Å². The topological polar surface area (TPSA) is 123 Å². The van der Waals surface area contributed by atoms with Crippen molar-refractivity contribution in [3.8, 4) is 28.3 Å². The minimum Gasteiger partial charge on any atom is -0.494 e. The van der Waals surface area contributed by atoms with E-state index in [1.54, 1.807) is 19.4 Å². The molecule has 38 heavy (non-hydrogen) atoms. The first kappa shape index (κ1) is 28.7. The molecule has 9 nitrogen and oxygen atoms in total. The largest absolute Gasteiger partial charge is 0.494 e. The molecule has 202 valence electrons. The van der Waals surface area contributed by atoms with Gasteiger partial charge in [0.2, 0.25) is 5.91 Å². The third-order valence-electron chi connectivity index (χ3n) is 5.95. The molecular formula is C29H36N4O5. The molecule has 0 spiro atoms. The van der Waals surface area contributed by atoms with Gasteiger partial charge in [-0.1, -0.05) is 36.4 Å². The number of nitrogens with zero attached hydrogens (tertiary/aromatic N) is 2. The highest BCUT2D eigenvalue weighted by molar-refractivity contribution is 5.82. The van der Waals surface area contributed by atoms with Crippen LogP contribution in [0.15, 0.2) is 60.9 Å². The number of carbonyl (C=O) groups excluding carboxylic acids is 1. The van der Waals surface area contributed by atoms with Crippen molar-refractivity contribution in [3.63, 3.8) is 0 Å². The number of hydrogen-bond acceptors (Lipinski definition) is 7. The summed E-state index contributed by atoms with van der Waals surface area (Å²) < 4.78 is 11.1. The summed E-state index contributed by atoms with van der Waals surface area (Å²) in [5.74, 6) is 0.277. The Morgan fingerprint density at radius 2 is 1.58 bits per heavy atom. The predicted octanol–water partition coefficient (Wildman–Crippen LogP) is 3.73. The van der Waals surface area contributed by atoms with E-state index in [-0.39, 0.29) is 18.9 Å². The average molecular weight is 521 g/mol. The molecule has 1 atom stereocenters. The van der Waals surface area contributed by atoms with Crippen molar-refractivity contribution in [1.82, 2.24) is 20.6 Å². The fourth-order valence-corrected chi connectivity index (χ4v) is 3.78. The number of carbonyl (C=O) groups is 2. The van der Waals surface area contributed by atoms with Crippen LogP contribution in [0.25, 0.3) is 22.5 Å². The molecular weight excluding hydrogens is 484 g/mol. The van der Waals surface area contributed by atoms with Crippen LogP contribution in [0.3, 0.4) is 0 Å². The lowest BCUT2D eigenvalue weighted by molar-refractivity contribution is -0.137. The molecule has 1 amide bonds. The molecule has 0 radical (unpaired) electrons. The van der Waals surface area contributed by atoms with Gasteiger partial charge in [-0.05, 0) is 56.5 Å². The molecule has 0 saturated carbocycles. The van der Waals surface area contributed by atoms with Gasteiger partial charge in [-0.3, -0.25) is 9.59 Å². The van der Waals surface area contributed by atoms with Gasteiger partial charge in [0.15, 0.2) is 5.82 Å². The van der Waals surface area contributed by atoms with Crippen molar-refractivity contribution in [2.75, 3.05) is 33.4 Å². The number of rotatable bonds is 16. The van der Waals surface area contributed by atoms with Crippen LogP contribution >= 0.6 is 0 Å². The molecule has 0 bridgehead atoms. The number of unbranched alkanes of at least 4 members (excludes halogenated alkanes) is 1. The number of aromatic nitrogens is 2. The molecule has 1 heterocycles. The second-order valence-corrected chi connectivity index (χ2v) is 8.75. The van der Waals surface area contributed by atoms with Crippen molar-refractivity contribution in [2.24, 2.45) is 0 Å². The van der Waals surface area contributed by atoms with E-state index in [1.165, 1.54) is 0 Å². The third kappa shape index (κ3) is 9.24. The predicted molar refractivity (Wildman–Crippen MR) is 146 cm³/mol. The number of ether oxygens (including phenoxy) is 2. The molecule has 2 aromatic carbocycles. The number of carboxylic acid groups (broad SMARTS) is 1. The van der Waals surface area contributed by atoms with Crippen LogP contribution in [0.1, 0.15) is 31.7 Å². The molecule has 1 aromatic heterocycles. The molecule has 0 fully saturated rings. The van der Waals surface area contributed by atoms with Crippen molar-refractivity contribution >= 4 is 11.9 Å². The zero-order valence-corrected chi connectivity index (χ0v) is 22.0. The molecule has 0 aliphatic rings. The molecule has 0 saturated heterocycles. The first-order chi connectivity index (χ1) is 18.5. The number of likely N-dealkylation sites (N-methyl/N-ethyl adjacent to an activating group) is 1. The Kier molecular flexibility index (Phi) is 11.7. The van der Waals surface area contributed by atoms with E-state index in [0.29, 0.717) is 18.9 Å². The van der Waals surface area contributed by atoms with Gasteiger partial charge in [0.05, 0.1) is 19.1 Å². The lowest BCUT2D eigenvalue weighted by Gasteiger charge is -2.16. The van der Waals surface area contributed by atoms with Gasteiger partial charge in [-0.25, -0.2) is 9.97 Å². The Balaban J connectivity index is 1.52. The summed E-state index contributed by atoms with van der Waals surface area (Å²) in [5, 5.41) is 14.4. The lowest BCUT2D eigenvalue weighted by Crippen LogP contribution is -2.44. The van der Waals surface area contributed by atoms with Crippen LogP contribution in [0.2, 0.25) is 0 Å². The Morgan fingerprint density at radius 1 is 0.921 bits per heavy atom. The highest BCUT2D eigenvalue weighted by Gasteiger charge is 2.17. The van der Waals surface area contributed by atoms with Crippen LogP contribution < -0.4 is 15.4 Å². The van der Waals surface area contributed by atoms with Crippen LogP contribution in [-0.2, 0) is 20.7 Å². The normalized spacial score (nSPS) is 11.6. The number of aliphatic carboxylic acids is 1. The maximum absolute atomic E-state index is 12.3. The van der Waals surface area contributed by atoms with E-state index < -0.39 is 12.0 Å². The van der Waals surface area contributed by atoms with Crippen molar-refractivity contribution < 1.29 is 24.2 Å². The van der Waals surface area contributed by atoms with Crippen LogP contribution in [-0.4, -0.2) is 66.4 Å². The quantitative estimate of drug-likeness (QED) is 0.244. The number of benzene rings is 2. The van der Waals surface area contributed by atoms with Gasteiger partial charge in [0.1, 0.15) is 5.75 Å². The minimum absolute atomic E-state index is 0.103. The molecule has 3 rings (SSSR count). The second-order valence-electron chi connectivity index (χ2n) is 8.75. The smallest absolute Gasteiger partial charge is 0.305 e. The molecule has 1 unspecified atom stereocenters. The summed E-state index contributed by atoms with van der Waals surface area (Å²) in [7, 11) is 1.71. The molecule has 0 aliphatic carbocycles. The van der Waals surface area contributed by atoms with E-state index in [4.69, 9.17) is 14.6 Å². The van der Waals surface area contributed by atoms with Gasteiger partial charge in [-0.15, -0.1) is 0 Å². The standard InChI is InChI=1S/C29H36N4O5/c1-3-37-16-4-5-17-38-25-12-10-22(11-13-25)24-19-32-28(33-20-24)23-8-6-21(7-9-23)18-26(30-2)29(36)31-15-14-27(34)35/h6-13,19-20,26,30H,3-5,14-18H2,1-2H3,(H,31,36)(H,34,35). The fourth-order valence-electron chi connectivity index (χ4n) is 3.78. The minimum atomic E-state index is -0.944. The summed E-state index contributed by atoms with van der Waals surface area (Å²) in [5.41, 5.74) is 3.77. The zero-order chi connectivity index (χ0) is 27.2. The van der Waals surface area contributed by atoms with E-state index in [9.17, 15) is 9.59 Å². The van der Waals surface area contributed by atoms with Crippen LogP contribution in [0.4, 0.5) is 0 Å². The average Bonchev–Trinajstić information content (AvgIpc) is 2.94. The van der Waals surface area contributed by atoms with Crippen molar-refractivity contribution in [2.45, 2.75) is 38.6 Å². The van der Waals surface area contributed by atoms with Crippen LogP contribution in [0, 0.1) is 0 Å². The SMILES string of the molecule is CCOCCCCOc1ccc(-c2cnc(-c3ccc(CC(NC)C(=O)NCCC(=O)O)cc3)nc2)cc1. The van der Waals surface area contributed by atoms with E-state index in [1.807, 2.05) is 55.5 Å². The summed E-state index contributed by atoms with van der Waals surface area (Å²) in [6, 6.07) is 15.2. The Morgan fingerprint density at radius 3 is 2.21 bits per heavy atom. The maximum atomic E-state index is 12.3. The maximum Gasteiger partial charge on any atom is 0.305 e. The van der Waals surface area contributed by atoms with Gasteiger partial charge in [0, 0.05) is 43.3 Å². The van der Waals surface area contributed by atoms with E-state index >= 15 is 0 Å². The third-order valence-corrected chi connectivity index (χ3v) is 5.95. The summed E-state index contributed by atoms with van der Waals surface area (Å²) in [4.78, 5) is 32.0. The molecule has 3 N–H and O–H groups in total. The summed E-state index contributed by atoms with van der Waals surface area (Å²) in [6.45, 7) is 4.28. The first-order valence-electron chi connectivity index (χ1n) is 12.9. The Bertz CT molecular complexity index is 1140. The summed E-state index contributed by atoms with van der Waals surface area (Å²) >= 11 is 0. The number of carboxylic acids is 1. The second kappa shape index (κ2) is 15.4. The Hall–Kier alpha value is -3.82. The van der Waals surface area contributed by atoms with Gasteiger partial charge < -0.3 is 25.2 Å². The number of nitrogens with one attached hydrogen (secondary N) is 2. The summed E-state index contributed by atoms with van der Waals surface area (Å²) in [6.07, 6.45) is 5.92. The Labute approximate surface area is 223 Å². The molecule has 9 heteroatoms. The lowest BCUT2D eigenvalue weighted by atomic mass is 10.0. The van der Waals surface area contributed by atoms with E-state index in [2.05, 4.69) is 20.6 Å². The number of hydrogen-bond donors (Lipinski definition) is 3. The van der Waals surface area contributed by atoms with Gasteiger partial charge in [-0.2, -0.15) is 0 Å². The zero-order valence-electron chi connectivity index (χ0n) is 22.0. The number of amides is 1.